The lowest BCUT2D eigenvalue weighted by atomic mass is 10.2. The molecule has 78 valence electrons. The first kappa shape index (κ1) is 11.0. The summed E-state index contributed by atoms with van der Waals surface area (Å²) < 4.78 is 13.0. The van der Waals surface area contributed by atoms with E-state index in [0.29, 0.717) is 12.6 Å². The Bertz CT molecular complexity index is 312. The van der Waals surface area contributed by atoms with Gasteiger partial charge in [-0.2, -0.15) is 0 Å². The second-order valence-electron chi connectivity index (χ2n) is 3.79. The van der Waals surface area contributed by atoms with Crippen LogP contribution in [0.25, 0.3) is 0 Å². The van der Waals surface area contributed by atoms with Gasteiger partial charge in [0, 0.05) is 12.6 Å². The maximum Gasteiger partial charge on any atom is 0.165 e. The quantitative estimate of drug-likeness (QED) is 0.804. The van der Waals surface area contributed by atoms with Crippen LogP contribution < -0.4 is 0 Å². The summed E-state index contributed by atoms with van der Waals surface area (Å²) in [6, 6.07) is 4.91. The van der Waals surface area contributed by atoms with Crippen LogP contribution in [0.3, 0.4) is 0 Å². The molecule has 0 atom stereocenters. The molecule has 0 fully saturated rings. The molecule has 0 radical (unpaired) electrons. The van der Waals surface area contributed by atoms with Crippen molar-refractivity contribution in [2.45, 2.75) is 26.4 Å². The Kier molecular flexibility index (Phi) is 3.47. The van der Waals surface area contributed by atoms with Crippen LogP contribution in [0.15, 0.2) is 18.2 Å². The molecule has 0 aliphatic rings. The minimum absolute atomic E-state index is 0.291. The normalized spacial score (nSPS) is 11.3. The molecule has 0 unspecified atom stereocenters. The highest BCUT2D eigenvalue weighted by Gasteiger charge is 2.06. The van der Waals surface area contributed by atoms with Crippen molar-refractivity contribution in [3.05, 3.63) is 29.6 Å². The van der Waals surface area contributed by atoms with Crippen molar-refractivity contribution >= 4 is 0 Å². The van der Waals surface area contributed by atoms with E-state index >= 15 is 0 Å². The van der Waals surface area contributed by atoms with E-state index in [2.05, 4.69) is 18.7 Å². The van der Waals surface area contributed by atoms with Crippen molar-refractivity contribution < 1.29 is 9.50 Å². The van der Waals surface area contributed by atoms with Gasteiger partial charge in [-0.25, -0.2) is 4.39 Å². The maximum atomic E-state index is 13.0. The van der Waals surface area contributed by atoms with Crippen molar-refractivity contribution in [1.29, 1.82) is 0 Å². The lowest BCUT2D eigenvalue weighted by Crippen LogP contribution is -2.25. The van der Waals surface area contributed by atoms with Crippen molar-refractivity contribution in [3.8, 4) is 5.75 Å². The molecule has 2 nitrogen and oxygen atoms in total. The second kappa shape index (κ2) is 4.42. The van der Waals surface area contributed by atoms with Crippen molar-refractivity contribution in [2.75, 3.05) is 7.05 Å². The predicted molar refractivity (Wildman–Crippen MR) is 54.7 cm³/mol. The van der Waals surface area contributed by atoms with Crippen LogP contribution in [-0.2, 0) is 6.54 Å². The standard InChI is InChI=1S/C11H16FNO/c1-8(2)13(3)7-9-4-5-11(14)10(12)6-9/h4-6,8,14H,7H2,1-3H3. The van der Waals surface area contributed by atoms with Gasteiger partial charge in [-0.15, -0.1) is 0 Å². The van der Waals surface area contributed by atoms with Gasteiger partial charge in [-0.05, 0) is 38.6 Å². The molecule has 1 aromatic carbocycles. The van der Waals surface area contributed by atoms with Gasteiger partial charge in [0.05, 0.1) is 0 Å². The summed E-state index contributed by atoms with van der Waals surface area (Å²) in [5.74, 6) is -0.847. The van der Waals surface area contributed by atoms with Gasteiger partial charge >= 0.3 is 0 Å². The summed E-state index contributed by atoms with van der Waals surface area (Å²) in [5.41, 5.74) is 0.872. The fourth-order valence-corrected chi connectivity index (χ4v) is 1.12. The van der Waals surface area contributed by atoms with E-state index in [4.69, 9.17) is 5.11 Å². The number of rotatable bonds is 3. The van der Waals surface area contributed by atoms with Crippen LogP contribution in [0.1, 0.15) is 19.4 Å². The molecule has 3 heteroatoms. The second-order valence-corrected chi connectivity index (χ2v) is 3.79. The van der Waals surface area contributed by atoms with Crippen LogP contribution in [0, 0.1) is 5.82 Å². The predicted octanol–water partition coefficient (Wildman–Crippen LogP) is 2.37. The molecule has 1 rings (SSSR count). The van der Waals surface area contributed by atoms with Crippen LogP contribution >= 0.6 is 0 Å². The van der Waals surface area contributed by atoms with E-state index in [1.165, 1.54) is 12.1 Å². The molecule has 0 aliphatic heterocycles. The monoisotopic (exact) mass is 197 g/mol. The first-order valence-corrected chi connectivity index (χ1v) is 4.68. The van der Waals surface area contributed by atoms with Crippen molar-refractivity contribution in [1.82, 2.24) is 4.90 Å². The van der Waals surface area contributed by atoms with Gasteiger partial charge in [0.2, 0.25) is 0 Å². The molecular weight excluding hydrogens is 181 g/mol. The van der Waals surface area contributed by atoms with Gasteiger partial charge in [0.25, 0.3) is 0 Å². The van der Waals surface area contributed by atoms with Gasteiger partial charge in [-0.3, -0.25) is 4.90 Å². The van der Waals surface area contributed by atoms with E-state index < -0.39 is 5.82 Å². The summed E-state index contributed by atoms with van der Waals surface area (Å²) >= 11 is 0. The SMILES string of the molecule is CC(C)N(C)Cc1ccc(O)c(F)c1. The van der Waals surface area contributed by atoms with Crippen LogP contribution in [0.2, 0.25) is 0 Å². The molecule has 0 amide bonds. The molecule has 1 N–H and O–H groups in total. The Morgan fingerprint density at radius 2 is 2.07 bits per heavy atom. The number of hydrogen-bond donors (Lipinski definition) is 1. The zero-order valence-corrected chi connectivity index (χ0v) is 8.79. The Labute approximate surface area is 84.0 Å². The number of phenols is 1. The molecule has 1 aromatic rings. The van der Waals surface area contributed by atoms with Gasteiger partial charge in [0.15, 0.2) is 11.6 Å². The maximum absolute atomic E-state index is 13.0. The molecule has 0 heterocycles. The number of halogens is 1. The Balaban J connectivity index is 2.73. The average molecular weight is 197 g/mol. The van der Waals surface area contributed by atoms with Gasteiger partial charge in [-0.1, -0.05) is 6.07 Å². The Hall–Kier alpha value is -1.09. The zero-order chi connectivity index (χ0) is 10.7. The van der Waals surface area contributed by atoms with E-state index in [-0.39, 0.29) is 5.75 Å². The number of aromatic hydroxyl groups is 1. The Morgan fingerprint density at radius 1 is 1.43 bits per heavy atom. The van der Waals surface area contributed by atoms with Gasteiger partial charge < -0.3 is 5.11 Å². The zero-order valence-electron chi connectivity index (χ0n) is 8.79. The topological polar surface area (TPSA) is 23.5 Å². The smallest absolute Gasteiger partial charge is 0.165 e. The number of benzene rings is 1. The lowest BCUT2D eigenvalue weighted by Gasteiger charge is -2.20. The molecule has 0 bridgehead atoms. The molecular formula is C11H16FNO. The van der Waals surface area contributed by atoms with Crippen molar-refractivity contribution in [3.63, 3.8) is 0 Å². The minimum Gasteiger partial charge on any atom is -0.505 e. The fourth-order valence-electron chi connectivity index (χ4n) is 1.12. The third kappa shape index (κ3) is 2.70. The summed E-state index contributed by atoms with van der Waals surface area (Å²) in [6.45, 7) is 4.85. The summed E-state index contributed by atoms with van der Waals surface area (Å²) in [4.78, 5) is 2.10. The van der Waals surface area contributed by atoms with E-state index in [1.54, 1.807) is 6.07 Å². The lowest BCUT2D eigenvalue weighted by molar-refractivity contribution is 0.265. The average Bonchev–Trinajstić information content (AvgIpc) is 2.11. The van der Waals surface area contributed by atoms with Crippen LogP contribution in [0.5, 0.6) is 5.75 Å². The third-order valence-corrected chi connectivity index (χ3v) is 2.33. The molecule has 0 saturated heterocycles. The fraction of sp³-hybridized carbons (Fsp3) is 0.455. The largest absolute Gasteiger partial charge is 0.505 e. The number of hydrogen-bond acceptors (Lipinski definition) is 2. The highest BCUT2D eigenvalue weighted by Crippen LogP contribution is 2.17. The Morgan fingerprint density at radius 3 is 2.57 bits per heavy atom. The summed E-state index contributed by atoms with van der Waals surface area (Å²) in [7, 11) is 1.98. The number of phenolic OH excluding ortho intramolecular Hbond substituents is 1. The van der Waals surface area contributed by atoms with Gasteiger partial charge in [0.1, 0.15) is 0 Å². The van der Waals surface area contributed by atoms with E-state index in [0.717, 1.165) is 5.56 Å². The van der Waals surface area contributed by atoms with E-state index in [9.17, 15) is 4.39 Å². The van der Waals surface area contributed by atoms with Crippen LogP contribution in [0.4, 0.5) is 4.39 Å². The summed E-state index contributed by atoms with van der Waals surface area (Å²) in [5, 5.41) is 9.00. The first-order valence-electron chi connectivity index (χ1n) is 4.68. The molecule has 0 spiro atoms. The third-order valence-electron chi connectivity index (χ3n) is 2.33. The highest BCUT2D eigenvalue weighted by atomic mass is 19.1. The molecule has 0 aromatic heterocycles. The minimum atomic E-state index is -0.556. The molecule has 14 heavy (non-hydrogen) atoms. The number of nitrogens with zero attached hydrogens (tertiary/aromatic N) is 1. The van der Waals surface area contributed by atoms with Crippen molar-refractivity contribution in [2.24, 2.45) is 0 Å². The summed E-state index contributed by atoms with van der Waals surface area (Å²) in [6.07, 6.45) is 0. The highest BCUT2D eigenvalue weighted by molar-refractivity contribution is 5.27. The molecule has 0 aliphatic carbocycles. The first-order chi connectivity index (χ1) is 6.50. The van der Waals surface area contributed by atoms with E-state index in [1.807, 2.05) is 7.05 Å². The van der Waals surface area contributed by atoms with Crippen LogP contribution in [-0.4, -0.2) is 23.1 Å². The molecule has 0 saturated carbocycles.